The van der Waals surface area contributed by atoms with Crippen molar-refractivity contribution < 1.29 is 19.4 Å². The van der Waals surface area contributed by atoms with Crippen LogP contribution in [-0.4, -0.2) is 39.7 Å². The molecule has 1 aromatic carbocycles. The Balaban J connectivity index is 1.98. The summed E-state index contributed by atoms with van der Waals surface area (Å²) < 4.78 is 11.2. The number of ether oxygens (including phenoxy) is 2. The minimum atomic E-state index is -1.07. The molecule has 0 aliphatic carbocycles. The van der Waals surface area contributed by atoms with Crippen LogP contribution in [0.4, 0.5) is 0 Å². The molecule has 0 fully saturated rings. The molecule has 0 saturated heterocycles. The van der Waals surface area contributed by atoms with Crippen molar-refractivity contribution in [2.45, 2.75) is 12.3 Å². The van der Waals surface area contributed by atoms with Gasteiger partial charge in [0, 0.05) is 23.7 Å². The lowest BCUT2D eigenvalue weighted by molar-refractivity contribution is -0.140. The minimum Gasteiger partial charge on any atom is -0.497 e. The third kappa shape index (κ3) is 3.61. The van der Waals surface area contributed by atoms with Crippen molar-refractivity contribution in [1.82, 2.24) is 14.4 Å². The van der Waals surface area contributed by atoms with Gasteiger partial charge in [-0.2, -0.15) is 4.98 Å². The van der Waals surface area contributed by atoms with E-state index in [-0.39, 0.29) is 23.2 Å². The summed E-state index contributed by atoms with van der Waals surface area (Å²) in [7, 11) is 2.73. The number of aromatic nitrogens is 3. The topological polar surface area (TPSA) is 123 Å². The van der Waals surface area contributed by atoms with E-state index < -0.39 is 28.9 Å². The summed E-state index contributed by atoms with van der Waals surface area (Å²) in [4.78, 5) is 45.1. The van der Waals surface area contributed by atoms with Crippen LogP contribution in [0.3, 0.4) is 0 Å². The largest absolute Gasteiger partial charge is 0.497 e. The molecule has 2 N–H and O–H groups in total. The first-order valence-corrected chi connectivity index (χ1v) is 9.41. The highest BCUT2D eigenvalue weighted by molar-refractivity contribution is 5.81. The van der Waals surface area contributed by atoms with E-state index in [1.54, 1.807) is 42.5 Å². The number of fused-ring (bicyclic) bond motifs is 2. The number of methoxy groups -OCH3 is 2. The fourth-order valence-corrected chi connectivity index (χ4v) is 3.60. The zero-order chi connectivity index (χ0) is 22.1. The molecule has 0 aliphatic rings. The summed E-state index contributed by atoms with van der Waals surface area (Å²) in [6, 6.07) is 11.6. The number of benzene rings is 1. The van der Waals surface area contributed by atoms with Crippen LogP contribution in [0.1, 0.15) is 23.5 Å². The number of carbonyl (C=O) groups excluding carboxylic acids is 1. The molecular formula is C22H19N3O6. The van der Waals surface area contributed by atoms with Gasteiger partial charge in [0.2, 0.25) is 5.88 Å². The van der Waals surface area contributed by atoms with Crippen LogP contribution in [0.5, 0.6) is 11.6 Å². The van der Waals surface area contributed by atoms with E-state index in [2.05, 4.69) is 9.97 Å². The lowest BCUT2D eigenvalue weighted by Crippen LogP contribution is -2.27. The molecule has 158 valence electrons. The first-order valence-electron chi connectivity index (χ1n) is 9.41. The van der Waals surface area contributed by atoms with E-state index in [1.807, 2.05) is 0 Å². The van der Waals surface area contributed by atoms with Crippen molar-refractivity contribution in [3.8, 4) is 11.6 Å². The molecule has 9 nitrogen and oxygen atoms in total. The second-order valence-corrected chi connectivity index (χ2v) is 6.92. The van der Waals surface area contributed by atoms with Crippen molar-refractivity contribution in [3.63, 3.8) is 0 Å². The summed E-state index contributed by atoms with van der Waals surface area (Å²) in [5.41, 5.74) is -0.342. The zero-order valence-electron chi connectivity index (χ0n) is 16.8. The summed E-state index contributed by atoms with van der Waals surface area (Å²) in [6.45, 7) is 0. The zero-order valence-corrected chi connectivity index (χ0v) is 16.8. The van der Waals surface area contributed by atoms with E-state index in [1.165, 1.54) is 24.8 Å². The van der Waals surface area contributed by atoms with E-state index in [0.29, 0.717) is 16.7 Å². The number of aromatic hydroxyl groups is 1. The standard InChI is InChI=1S/C22H19N3O6/c1-30-13-7-6-12-9-15(20(27)23-16(12)10-13)14(11-18(26)31-2)19-21(28)24-17-5-3-4-8-25(17)22(19)29/h3-10,14,28H,11H2,1-2H3,(H,23,27)/t14-/m0/s1. The molecule has 3 aromatic heterocycles. The van der Waals surface area contributed by atoms with Gasteiger partial charge in [0.15, 0.2) is 0 Å². The Kier molecular flexibility index (Phi) is 5.16. The fourth-order valence-electron chi connectivity index (χ4n) is 3.60. The van der Waals surface area contributed by atoms with Crippen molar-refractivity contribution in [2.75, 3.05) is 14.2 Å². The number of aromatic amines is 1. The molecule has 0 saturated carbocycles. The number of pyridine rings is 2. The number of esters is 1. The number of H-pyrrole nitrogens is 1. The predicted molar refractivity (Wildman–Crippen MR) is 113 cm³/mol. The lowest BCUT2D eigenvalue weighted by atomic mass is 9.89. The van der Waals surface area contributed by atoms with E-state index >= 15 is 0 Å². The Morgan fingerprint density at radius 2 is 2.00 bits per heavy atom. The third-order valence-electron chi connectivity index (χ3n) is 5.15. The van der Waals surface area contributed by atoms with Crippen LogP contribution in [-0.2, 0) is 9.53 Å². The second-order valence-electron chi connectivity index (χ2n) is 6.92. The highest BCUT2D eigenvalue weighted by Crippen LogP contribution is 2.31. The molecule has 0 amide bonds. The van der Waals surface area contributed by atoms with E-state index in [4.69, 9.17) is 9.47 Å². The Labute approximate surface area is 175 Å². The van der Waals surface area contributed by atoms with E-state index in [0.717, 1.165) is 0 Å². The van der Waals surface area contributed by atoms with Gasteiger partial charge in [0.25, 0.3) is 11.1 Å². The molecule has 0 bridgehead atoms. The normalized spacial score (nSPS) is 12.1. The van der Waals surface area contributed by atoms with Gasteiger partial charge >= 0.3 is 5.97 Å². The van der Waals surface area contributed by atoms with Crippen molar-refractivity contribution >= 4 is 22.5 Å². The van der Waals surface area contributed by atoms with Gasteiger partial charge in [-0.25, -0.2) is 0 Å². The Morgan fingerprint density at radius 3 is 2.74 bits per heavy atom. The maximum atomic E-state index is 13.2. The molecular weight excluding hydrogens is 402 g/mol. The molecule has 3 heterocycles. The molecule has 0 aliphatic heterocycles. The van der Waals surface area contributed by atoms with Gasteiger partial charge in [0.05, 0.1) is 31.7 Å². The third-order valence-corrected chi connectivity index (χ3v) is 5.15. The second kappa shape index (κ2) is 7.94. The summed E-state index contributed by atoms with van der Waals surface area (Å²) in [5.74, 6) is -1.69. The average Bonchev–Trinajstić information content (AvgIpc) is 2.77. The number of hydrogen-bond donors (Lipinski definition) is 2. The highest BCUT2D eigenvalue weighted by Gasteiger charge is 2.29. The maximum absolute atomic E-state index is 13.2. The Bertz CT molecular complexity index is 1420. The predicted octanol–water partition coefficient (Wildman–Crippen LogP) is 1.95. The molecule has 9 heteroatoms. The molecule has 31 heavy (non-hydrogen) atoms. The molecule has 0 unspecified atom stereocenters. The molecule has 0 spiro atoms. The number of hydrogen-bond acceptors (Lipinski definition) is 7. The van der Waals surface area contributed by atoms with E-state index in [9.17, 15) is 19.5 Å². The lowest BCUT2D eigenvalue weighted by Gasteiger charge is -2.17. The minimum absolute atomic E-state index is 0.133. The van der Waals surface area contributed by atoms with Crippen molar-refractivity contribution in [3.05, 3.63) is 80.5 Å². The molecule has 4 rings (SSSR count). The highest BCUT2D eigenvalue weighted by atomic mass is 16.5. The molecule has 1 atom stereocenters. The molecule has 0 radical (unpaired) electrons. The van der Waals surface area contributed by atoms with Gasteiger partial charge in [-0.3, -0.25) is 18.8 Å². The summed E-state index contributed by atoms with van der Waals surface area (Å²) in [5, 5.41) is 11.2. The Hall–Kier alpha value is -4.14. The van der Waals surface area contributed by atoms with Crippen molar-refractivity contribution in [2.24, 2.45) is 0 Å². The van der Waals surface area contributed by atoms with Crippen LogP contribution < -0.4 is 15.9 Å². The van der Waals surface area contributed by atoms with Gasteiger partial charge in [0.1, 0.15) is 11.4 Å². The SMILES string of the molecule is COC(=O)C[C@@H](c1cc2ccc(OC)cc2[nH]c1=O)c1c(O)nc2ccccn2c1=O. The van der Waals surface area contributed by atoms with Gasteiger partial charge < -0.3 is 19.6 Å². The number of nitrogens with zero attached hydrogens (tertiary/aromatic N) is 2. The van der Waals surface area contributed by atoms with Gasteiger partial charge in [-0.05, 0) is 35.7 Å². The summed E-state index contributed by atoms with van der Waals surface area (Å²) in [6.07, 6.45) is 1.17. The first kappa shape index (κ1) is 20.1. The number of rotatable bonds is 5. The van der Waals surface area contributed by atoms with Gasteiger partial charge in [-0.1, -0.05) is 6.07 Å². The first-order chi connectivity index (χ1) is 14.9. The number of nitrogens with one attached hydrogen (secondary N) is 1. The smallest absolute Gasteiger partial charge is 0.306 e. The van der Waals surface area contributed by atoms with Crippen LogP contribution in [0.2, 0.25) is 0 Å². The average molecular weight is 421 g/mol. The number of carbonyl (C=O) groups is 1. The Morgan fingerprint density at radius 1 is 1.19 bits per heavy atom. The fraction of sp³-hybridized carbons (Fsp3) is 0.182. The van der Waals surface area contributed by atoms with Crippen molar-refractivity contribution in [1.29, 1.82) is 0 Å². The van der Waals surface area contributed by atoms with Crippen LogP contribution >= 0.6 is 0 Å². The van der Waals surface area contributed by atoms with Crippen LogP contribution in [0, 0.1) is 0 Å². The monoisotopic (exact) mass is 421 g/mol. The summed E-state index contributed by atoms with van der Waals surface area (Å²) >= 11 is 0. The molecule has 4 aromatic rings. The maximum Gasteiger partial charge on any atom is 0.306 e. The van der Waals surface area contributed by atoms with Crippen LogP contribution in [0.25, 0.3) is 16.6 Å². The van der Waals surface area contributed by atoms with Crippen LogP contribution in [0.15, 0.2) is 58.3 Å². The van der Waals surface area contributed by atoms with Gasteiger partial charge in [-0.15, -0.1) is 0 Å². The quantitative estimate of drug-likeness (QED) is 0.472.